The van der Waals surface area contributed by atoms with Crippen LogP contribution in [0.15, 0.2) is 36.4 Å². The van der Waals surface area contributed by atoms with E-state index in [1.807, 2.05) is 31.2 Å². The zero-order valence-corrected chi connectivity index (χ0v) is 11.6. The number of nitrogens with one attached hydrogen (secondary N) is 2. The summed E-state index contributed by atoms with van der Waals surface area (Å²) in [6.45, 7) is 3.28. The van der Waals surface area contributed by atoms with Crippen LogP contribution in [-0.2, 0) is 6.42 Å². The van der Waals surface area contributed by atoms with Crippen LogP contribution in [0.3, 0.4) is 0 Å². The van der Waals surface area contributed by atoms with Gasteiger partial charge in [-0.15, -0.1) is 0 Å². The zero-order valence-electron chi connectivity index (χ0n) is 11.6. The van der Waals surface area contributed by atoms with E-state index in [1.54, 1.807) is 12.1 Å². The van der Waals surface area contributed by atoms with E-state index in [2.05, 4.69) is 10.6 Å². The van der Waals surface area contributed by atoms with E-state index in [-0.39, 0.29) is 11.8 Å². The number of urea groups is 1. The summed E-state index contributed by atoms with van der Waals surface area (Å²) in [5, 5.41) is 17.3. The molecule has 4 nitrogen and oxygen atoms in total. The van der Waals surface area contributed by atoms with Crippen molar-refractivity contribution in [1.29, 1.82) is 0 Å². The molecular formula is C16H20N2O2. The Kier molecular flexibility index (Phi) is 4.82. The molecule has 2 amide bonds. The fraction of sp³-hybridized carbons (Fsp3) is 0.312. The van der Waals surface area contributed by atoms with Crippen LogP contribution < -0.4 is 10.6 Å². The normalized spacial score (nSPS) is 10.4. The average Bonchev–Trinajstić information content (AvgIpc) is 2.45. The lowest BCUT2D eigenvalue weighted by Gasteiger charge is -2.09. The van der Waals surface area contributed by atoms with E-state index in [1.165, 1.54) is 0 Å². The van der Waals surface area contributed by atoms with Crippen LogP contribution in [0, 0.1) is 0 Å². The van der Waals surface area contributed by atoms with E-state index in [9.17, 15) is 9.90 Å². The highest BCUT2D eigenvalue weighted by atomic mass is 16.3. The highest BCUT2D eigenvalue weighted by Gasteiger charge is 2.03. The molecule has 0 unspecified atom stereocenters. The van der Waals surface area contributed by atoms with E-state index in [0.29, 0.717) is 13.1 Å². The Labute approximate surface area is 118 Å². The maximum Gasteiger partial charge on any atom is 0.314 e. The summed E-state index contributed by atoms with van der Waals surface area (Å²) in [6.07, 6.45) is 1.66. The monoisotopic (exact) mass is 272 g/mol. The van der Waals surface area contributed by atoms with Crippen LogP contribution in [0.5, 0.6) is 5.75 Å². The topological polar surface area (TPSA) is 61.4 Å². The number of rotatable bonds is 5. The third kappa shape index (κ3) is 3.63. The number of hydrogen-bond acceptors (Lipinski definition) is 2. The molecule has 2 aromatic carbocycles. The van der Waals surface area contributed by atoms with Crippen LogP contribution in [0.25, 0.3) is 10.8 Å². The molecule has 3 N–H and O–H groups in total. The fourth-order valence-electron chi connectivity index (χ4n) is 2.16. The molecule has 0 heterocycles. The molecule has 0 fully saturated rings. The maximum atomic E-state index is 11.4. The molecule has 106 valence electrons. The average molecular weight is 272 g/mol. The second kappa shape index (κ2) is 6.80. The van der Waals surface area contributed by atoms with Gasteiger partial charge in [0.1, 0.15) is 5.75 Å². The zero-order chi connectivity index (χ0) is 14.4. The minimum absolute atomic E-state index is 0.130. The molecule has 0 saturated heterocycles. The first-order valence-electron chi connectivity index (χ1n) is 6.93. The lowest BCUT2D eigenvalue weighted by Crippen LogP contribution is -2.36. The third-order valence-corrected chi connectivity index (χ3v) is 3.17. The van der Waals surface area contributed by atoms with Gasteiger partial charge in [0.2, 0.25) is 0 Å². The van der Waals surface area contributed by atoms with Crippen molar-refractivity contribution in [2.24, 2.45) is 0 Å². The van der Waals surface area contributed by atoms with Crippen LogP contribution in [0.2, 0.25) is 0 Å². The molecule has 2 rings (SSSR count). The number of aromatic hydroxyl groups is 1. The fourth-order valence-corrected chi connectivity index (χ4v) is 2.16. The summed E-state index contributed by atoms with van der Waals surface area (Å²) < 4.78 is 0. The smallest absolute Gasteiger partial charge is 0.314 e. The first kappa shape index (κ1) is 14.2. The van der Waals surface area contributed by atoms with Gasteiger partial charge in [0.25, 0.3) is 0 Å². The lowest BCUT2D eigenvalue weighted by molar-refractivity contribution is 0.241. The molecule has 0 aliphatic carbocycles. The summed E-state index contributed by atoms with van der Waals surface area (Å²) in [5.74, 6) is 0.263. The second-order valence-electron chi connectivity index (χ2n) is 4.76. The Morgan fingerprint density at radius 2 is 1.95 bits per heavy atom. The van der Waals surface area contributed by atoms with Gasteiger partial charge < -0.3 is 15.7 Å². The van der Waals surface area contributed by atoms with Crippen LogP contribution in [0.1, 0.15) is 18.9 Å². The number of fused-ring (bicyclic) bond motifs is 1. The Morgan fingerprint density at radius 1 is 1.15 bits per heavy atom. The number of carbonyl (C=O) groups excluding carboxylic acids is 1. The quantitative estimate of drug-likeness (QED) is 0.783. The van der Waals surface area contributed by atoms with Crippen LogP contribution in [0.4, 0.5) is 4.79 Å². The van der Waals surface area contributed by atoms with Gasteiger partial charge in [0.05, 0.1) is 0 Å². The lowest BCUT2D eigenvalue weighted by atomic mass is 10.0. The van der Waals surface area contributed by atoms with E-state index in [4.69, 9.17) is 0 Å². The summed E-state index contributed by atoms with van der Waals surface area (Å²) in [6, 6.07) is 11.2. The maximum absolute atomic E-state index is 11.4. The number of amides is 2. The molecule has 0 aliphatic rings. The number of phenols is 1. The minimum atomic E-state index is -0.130. The summed E-state index contributed by atoms with van der Waals surface area (Å²) in [4.78, 5) is 11.4. The first-order valence-corrected chi connectivity index (χ1v) is 6.93. The second-order valence-corrected chi connectivity index (χ2v) is 4.76. The molecule has 0 aromatic heterocycles. The van der Waals surface area contributed by atoms with E-state index >= 15 is 0 Å². The molecule has 0 spiro atoms. The SMILES string of the molecule is CCCNC(=O)NCCc1cccc2ccc(O)cc12. The van der Waals surface area contributed by atoms with Crippen molar-refractivity contribution in [3.8, 4) is 5.75 Å². The first-order chi connectivity index (χ1) is 9.70. The summed E-state index contributed by atoms with van der Waals surface area (Å²) in [7, 11) is 0. The van der Waals surface area contributed by atoms with Gasteiger partial charge in [0.15, 0.2) is 0 Å². The molecular weight excluding hydrogens is 252 g/mol. The predicted octanol–water partition coefficient (Wildman–Crippen LogP) is 2.80. The highest BCUT2D eigenvalue weighted by Crippen LogP contribution is 2.23. The number of benzene rings is 2. The van der Waals surface area contributed by atoms with Gasteiger partial charge in [-0.2, -0.15) is 0 Å². The molecule has 0 bridgehead atoms. The van der Waals surface area contributed by atoms with Crippen LogP contribution >= 0.6 is 0 Å². The van der Waals surface area contributed by atoms with Crippen LogP contribution in [-0.4, -0.2) is 24.2 Å². The Morgan fingerprint density at radius 3 is 2.75 bits per heavy atom. The van der Waals surface area contributed by atoms with Crippen molar-refractivity contribution in [3.05, 3.63) is 42.0 Å². The van der Waals surface area contributed by atoms with Gasteiger partial charge >= 0.3 is 6.03 Å². The number of carbonyl (C=O) groups is 1. The van der Waals surface area contributed by atoms with Gasteiger partial charge in [-0.05, 0) is 41.3 Å². The van der Waals surface area contributed by atoms with Crippen molar-refractivity contribution in [1.82, 2.24) is 10.6 Å². The number of phenolic OH excluding ortho intramolecular Hbond substituents is 1. The van der Waals surface area contributed by atoms with Crippen molar-refractivity contribution in [2.45, 2.75) is 19.8 Å². The summed E-state index contributed by atoms with van der Waals surface area (Å²) in [5.41, 5.74) is 1.12. The largest absolute Gasteiger partial charge is 0.508 e. The standard InChI is InChI=1S/C16H20N2O2/c1-2-9-17-16(20)18-10-8-13-5-3-4-12-6-7-14(19)11-15(12)13/h3-7,11,19H,2,8-10H2,1H3,(H2,17,18,20). The van der Waals surface area contributed by atoms with Crippen molar-refractivity contribution in [3.63, 3.8) is 0 Å². The van der Waals surface area contributed by atoms with E-state index in [0.717, 1.165) is 29.2 Å². The molecule has 0 radical (unpaired) electrons. The Bertz CT molecular complexity index is 596. The molecule has 20 heavy (non-hydrogen) atoms. The highest BCUT2D eigenvalue weighted by molar-refractivity contribution is 5.87. The Hall–Kier alpha value is -2.23. The van der Waals surface area contributed by atoms with Crippen molar-refractivity contribution < 1.29 is 9.90 Å². The van der Waals surface area contributed by atoms with Gasteiger partial charge in [-0.1, -0.05) is 31.2 Å². The molecule has 0 saturated carbocycles. The minimum Gasteiger partial charge on any atom is -0.508 e. The molecule has 0 atom stereocenters. The molecule has 2 aromatic rings. The van der Waals surface area contributed by atoms with Crippen molar-refractivity contribution in [2.75, 3.05) is 13.1 Å². The van der Waals surface area contributed by atoms with E-state index < -0.39 is 0 Å². The third-order valence-electron chi connectivity index (χ3n) is 3.17. The number of hydrogen-bond donors (Lipinski definition) is 3. The molecule has 4 heteroatoms. The summed E-state index contributed by atoms with van der Waals surface area (Å²) >= 11 is 0. The van der Waals surface area contributed by atoms with Crippen molar-refractivity contribution >= 4 is 16.8 Å². The Balaban J connectivity index is 1.99. The predicted molar refractivity (Wildman–Crippen MR) is 81.0 cm³/mol. The van der Waals surface area contributed by atoms with Gasteiger partial charge in [-0.25, -0.2) is 4.79 Å². The molecule has 0 aliphatic heterocycles. The van der Waals surface area contributed by atoms with Gasteiger partial charge in [0, 0.05) is 13.1 Å². The van der Waals surface area contributed by atoms with Gasteiger partial charge in [-0.3, -0.25) is 0 Å².